The van der Waals surface area contributed by atoms with Gasteiger partial charge in [0.1, 0.15) is 0 Å². The summed E-state index contributed by atoms with van der Waals surface area (Å²) in [5.41, 5.74) is 0. The van der Waals surface area contributed by atoms with Gasteiger partial charge in [0.05, 0.1) is 0 Å². The maximum absolute atomic E-state index is 6.15. The SMILES string of the molecule is CC1SCCN(c2nc(Cl)nc(N3CCCCC3)n2)C1C. The van der Waals surface area contributed by atoms with Crippen LogP contribution in [-0.4, -0.2) is 51.6 Å². The van der Waals surface area contributed by atoms with Gasteiger partial charge in [-0.2, -0.15) is 26.7 Å². The van der Waals surface area contributed by atoms with Crippen molar-refractivity contribution in [3.8, 4) is 0 Å². The molecule has 3 rings (SSSR count). The van der Waals surface area contributed by atoms with Crippen LogP contribution in [0.5, 0.6) is 0 Å². The molecule has 0 N–H and O–H groups in total. The van der Waals surface area contributed by atoms with Gasteiger partial charge in [0.25, 0.3) is 0 Å². The molecule has 21 heavy (non-hydrogen) atoms. The highest BCUT2D eigenvalue weighted by atomic mass is 35.5. The van der Waals surface area contributed by atoms with Crippen LogP contribution in [0.4, 0.5) is 11.9 Å². The predicted octanol–water partition coefficient (Wildman–Crippen LogP) is 2.85. The Morgan fingerprint density at radius 1 is 1.00 bits per heavy atom. The van der Waals surface area contributed by atoms with Crippen molar-refractivity contribution in [2.24, 2.45) is 0 Å². The van der Waals surface area contributed by atoms with Crippen molar-refractivity contribution in [2.75, 3.05) is 35.2 Å². The van der Waals surface area contributed by atoms with E-state index < -0.39 is 0 Å². The number of halogens is 1. The van der Waals surface area contributed by atoms with E-state index in [2.05, 4.69) is 33.6 Å². The van der Waals surface area contributed by atoms with Crippen molar-refractivity contribution in [3.05, 3.63) is 5.28 Å². The summed E-state index contributed by atoms with van der Waals surface area (Å²) in [6, 6.07) is 0.413. The third kappa shape index (κ3) is 3.37. The topological polar surface area (TPSA) is 45.2 Å². The summed E-state index contributed by atoms with van der Waals surface area (Å²) in [7, 11) is 0. The molecule has 2 aliphatic heterocycles. The first-order valence-electron chi connectivity index (χ1n) is 7.70. The highest BCUT2D eigenvalue weighted by Gasteiger charge is 2.28. The number of piperidine rings is 1. The Hall–Kier alpha value is -0.750. The second-order valence-corrected chi connectivity index (χ2v) is 7.59. The van der Waals surface area contributed by atoms with Gasteiger partial charge in [0.15, 0.2) is 0 Å². The first-order valence-corrected chi connectivity index (χ1v) is 9.12. The zero-order valence-corrected chi connectivity index (χ0v) is 14.2. The van der Waals surface area contributed by atoms with Crippen LogP contribution in [0, 0.1) is 0 Å². The summed E-state index contributed by atoms with van der Waals surface area (Å²) in [4.78, 5) is 17.9. The van der Waals surface area contributed by atoms with Gasteiger partial charge in [-0.25, -0.2) is 0 Å². The van der Waals surface area contributed by atoms with Crippen molar-refractivity contribution in [3.63, 3.8) is 0 Å². The molecule has 0 bridgehead atoms. The normalized spacial score (nSPS) is 27.0. The lowest BCUT2D eigenvalue weighted by molar-refractivity contribution is 0.563. The molecule has 0 spiro atoms. The Morgan fingerprint density at radius 2 is 1.71 bits per heavy atom. The molecule has 0 amide bonds. The lowest BCUT2D eigenvalue weighted by Gasteiger charge is -2.37. The van der Waals surface area contributed by atoms with Crippen LogP contribution in [0.25, 0.3) is 0 Å². The van der Waals surface area contributed by atoms with Crippen LogP contribution >= 0.6 is 23.4 Å². The molecule has 2 fully saturated rings. The van der Waals surface area contributed by atoms with Crippen LogP contribution < -0.4 is 9.80 Å². The molecule has 3 heterocycles. The zero-order valence-electron chi connectivity index (χ0n) is 12.6. The Morgan fingerprint density at radius 3 is 2.48 bits per heavy atom. The number of rotatable bonds is 2. The first-order chi connectivity index (χ1) is 10.1. The number of hydrogen-bond donors (Lipinski definition) is 0. The lowest BCUT2D eigenvalue weighted by Crippen LogP contribution is -2.46. The van der Waals surface area contributed by atoms with Crippen molar-refractivity contribution in [1.82, 2.24) is 15.0 Å². The van der Waals surface area contributed by atoms with Crippen molar-refractivity contribution in [1.29, 1.82) is 0 Å². The summed E-state index contributed by atoms with van der Waals surface area (Å²) >= 11 is 8.16. The minimum atomic E-state index is 0.304. The molecule has 1 aromatic heterocycles. The molecule has 116 valence electrons. The number of anilines is 2. The summed E-state index contributed by atoms with van der Waals surface area (Å²) in [6.45, 7) is 7.49. The van der Waals surface area contributed by atoms with Crippen molar-refractivity contribution >= 4 is 35.3 Å². The fourth-order valence-electron chi connectivity index (χ4n) is 2.91. The molecule has 2 saturated heterocycles. The second-order valence-electron chi connectivity index (χ2n) is 5.76. The van der Waals surface area contributed by atoms with Crippen LogP contribution in [0.15, 0.2) is 0 Å². The van der Waals surface area contributed by atoms with Gasteiger partial charge in [0, 0.05) is 36.7 Å². The molecule has 0 aliphatic carbocycles. The van der Waals surface area contributed by atoms with Crippen LogP contribution in [0.2, 0.25) is 5.28 Å². The zero-order chi connectivity index (χ0) is 14.8. The average Bonchev–Trinajstić information content (AvgIpc) is 2.50. The van der Waals surface area contributed by atoms with Crippen LogP contribution in [0.1, 0.15) is 33.1 Å². The molecular formula is C14H22ClN5S. The highest BCUT2D eigenvalue weighted by Crippen LogP contribution is 2.28. The number of hydrogen-bond acceptors (Lipinski definition) is 6. The number of nitrogens with zero attached hydrogens (tertiary/aromatic N) is 5. The van der Waals surface area contributed by atoms with Gasteiger partial charge in [-0.15, -0.1) is 0 Å². The molecule has 2 aliphatic rings. The monoisotopic (exact) mass is 327 g/mol. The number of aromatic nitrogens is 3. The molecule has 0 saturated carbocycles. The van der Waals surface area contributed by atoms with E-state index >= 15 is 0 Å². The quantitative estimate of drug-likeness (QED) is 0.832. The first kappa shape index (κ1) is 15.2. The third-order valence-electron chi connectivity index (χ3n) is 4.36. The fraction of sp³-hybridized carbons (Fsp3) is 0.786. The van der Waals surface area contributed by atoms with Gasteiger partial charge >= 0.3 is 0 Å². The summed E-state index contributed by atoms with van der Waals surface area (Å²) in [5, 5.41) is 0.881. The lowest BCUT2D eigenvalue weighted by atomic mass is 10.1. The van der Waals surface area contributed by atoms with Gasteiger partial charge in [-0.1, -0.05) is 6.92 Å². The molecule has 1 aromatic rings. The molecule has 0 radical (unpaired) electrons. The number of thioether (sulfide) groups is 1. The third-order valence-corrected chi connectivity index (χ3v) is 5.87. The van der Waals surface area contributed by atoms with Gasteiger partial charge < -0.3 is 9.80 Å². The van der Waals surface area contributed by atoms with Crippen molar-refractivity contribution < 1.29 is 0 Å². The standard InChI is InChI=1S/C14H22ClN5S/c1-10-11(2)21-9-8-20(10)14-17-12(15)16-13(18-14)19-6-4-3-5-7-19/h10-11H,3-9H2,1-2H3. The molecule has 7 heteroatoms. The van der Waals surface area contributed by atoms with Crippen molar-refractivity contribution in [2.45, 2.75) is 44.4 Å². The van der Waals surface area contributed by atoms with Crippen LogP contribution in [-0.2, 0) is 0 Å². The second kappa shape index (κ2) is 6.57. The summed E-state index contributed by atoms with van der Waals surface area (Å²) in [5.74, 6) is 2.58. The largest absolute Gasteiger partial charge is 0.341 e. The predicted molar refractivity (Wildman–Crippen MR) is 89.6 cm³/mol. The fourth-order valence-corrected chi connectivity index (χ4v) is 4.16. The summed E-state index contributed by atoms with van der Waals surface area (Å²) < 4.78 is 0. The van der Waals surface area contributed by atoms with E-state index in [1.807, 2.05) is 11.8 Å². The van der Waals surface area contributed by atoms with Gasteiger partial charge in [-0.05, 0) is 37.8 Å². The average molecular weight is 328 g/mol. The minimum Gasteiger partial charge on any atom is -0.341 e. The smallest absolute Gasteiger partial charge is 0.231 e. The van der Waals surface area contributed by atoms with E-state index in [0.29, 0.717) is 16.6 Å². The highest BCUT2D eigenvalue weighted by molar-refractivity contribution is 8.00. The maximum Gasteiger partial charge on any atom is 0.231 e. The van der Waals surface area contributed by atoms with E-state index in [9.17, 15) is 0 Å². The van der Waals surface area contributed by atoms with E-state index in [-0.39, 0.29) is 0 Å². The van der Waals surface area contributed by atoms with E-state index in [1.54, 1.807) is 0 Å². The van der Waals surface area contributed by atoms with E-state index in [0.717, 1.165) is 37.3 Å². The summed E-state index contributed by atoms with van der Waals surface area (Å²) in [6.07, 6.45) is 3.69. The molecule has 5 nitrogen and oxygen atoms in total. The molecule has 2 atom stereocenters. The van der Waals surface area contributed by atoms with Gasteiger partial charge in [0.2, 0.25) is 17.2 Å². The Labute approximate surface area is 135 Å². The molecule has 0 aromatic carbocycles. The van der Waals surface area contributed by atoms with E-state index in [1.165, 1.54) is 19.3 Å². The molecular weight excluding hydrogens is 306 g/mol. The van der Waals surface area contributed by atoms with Gasteiger partial charge in [-0.3, -0.25) is 0 Å². The Bertz CT molecular complexity index is 494. The Balaban J connectivity index is 1.86. The van der Waals surface area contributed by atoms with E-state index in [4.69, 9.17) is 16.6 Å². The molecule has 2 unspecified atom stereocenters. The Kier molecular flexibility index (Phi) is 4.74. The minimum absolute atomic E-state index is 0.304. The van der Waals surface area contributed by atoms with Crippen LogP contribution in [0.3, 0.4) is 0 Å². The maximum atomic E-state index is 6.15.